The Bertz CT molecular complexity index is 1520. The van der Waals surface area contributed by atoms with Gasteiger partial charge in [-0.2, -0.15) is 5.10 Å². The first-order chi connectivity index (χ1) is 17.5. The smallest absolute Gasteiger partial charge is 0.167 e. The third-order valence-corrected chi connectivity index (χ3v) is 6.34. The van der Waals surface area contributed by atoms with Crippen LogP contribution in [0.3, 0.4) is 0 Å². The van der Waals surface area contributed by atoms with Gasteiger partial charge in [-0.1, -0.05) is 48.5 Å². The monoisotopic (exact) mass is 473 g/mol. The zero-order valence-corrected chi connectivity index (χ0v) is 20.4. The number of ketones is 2. The van der Waals surface area contributed by atoms with Gasteiger partial charge in [0.1, 0.15) is 0 Å². The Morgan fingerprint density at radius 2 is 1.33 bits per heavy atom. The van der Waals surface area contributed by atoms with Crippen LogP contribution in [0, 0.1) is 0 Å². The molecular formula is C31H27N3O2. The Kier molecular flexibility index (Phi) is 6.46. The van der Waals surface area contributed by atoms with E-state index in [1.54, 1.807) is 0 Å². The molecule has 5 nitrogen and oxygen atoms in total. The van der Waals surface area contributed by atoms with Gasteiger partial charge in [0, 0.05) is 49.1 Å². The number of carbonyl (C=O) groups is 2. The minimum Gasteiger partial charge on any atom is -0.378 e. The van der Waals surface area contributed by atoms with Crippen molar-refractivity contribution < 1.29 is 9.59 Å². The normalized spacial score (nSPS) is 10.9. The molecule has 0 unspecified atom stereocenters. The fourth-order valence-electron chi connectivity index (χ4n) is 4.30. The van der Waals surface area contributed by atoms with E-state index in [4.69, 9.17) is 0 Å². The molecule has 5 aromatic rings. The molecule has 0 bridgehead atoms. The summed E-state index contributed by atoms with van der Waals surface area (Å²) in [6.45, 7) is 0. The molecule has 0 saturated carbocycles. The summed E-state index contributed by atoms with van der Waals surface area (Å²) in [5.74, 6) is 0.191. The molecule has 1 heterocycles. The standard InChI is InChI=1S/C31H27N3O2/c1-33(2)27-15-11-25(12-16-27)31(36)20-23-10-17-29-26(18-23)21-32-34(29)28-13-8-22(9-14-28)19-30(35)24-6-4-3-5-7-24/h3-18,21H,19-20H2,1-2H3. The molecule has 0 radical (unpaired) electrons. The van der Waals surface area contributed by atoms with Gasteiger partial charge in [0.25, 0.3) is 0 Å². The highest BCUT2D eigenvalue weighted by Gasteiger charge is 2.11. The van der Waals surface area contributed by atoms with Crippen LogP contribution in [0.1, 0.15) is 31.8 Å². The predicted molar refractivity (Wildman–Crippen MR) is 144 cm³/mol. The third kappa shape index (κ3) is 4.96. The molecule has 5 heteroatoms. The lowest BCUT2D eigenvalue weighted by molar-refractivity contribution is 0.0985. The lowest BCUT2D eigenvalue weighted by atomic mass is 10.0. The Labute approximate surface area is 210 Å². The van der Waals surface area contributed by atoms with Crippen LogP contribution in [-0.4, -0.2) is 35.4 Å². The van der Waals surface area contributed by atoms with Crippen molar-refractivity contribution in [1.82, 2.24) is 9.78 Å². The molecule has 36 heavy (non-hydrogen) atoms. The largest absolute Gasteiger partial charge is 0.378 e. The first-order valence-electron chi connectivity index (χ1n) is 11.9. The maximum atomic E-state index is 12.8. The second kappa shape index (κ2) is 10.0. The summed E-state index contributed by atoms with van der Waals surface area (Å²) < 4.78 is 1.88. The molecule has 1 aromatic heterocycles. The number of hydrogen-bond acceptors (Lipinski definition) is 4. The summed E-state index contributed by atoms with van der Waals surface area (Å²) in [5, 5.41) is 5.55. The Morgan fingerprint density at radius 1 is 0.722 bits per heavy atom. The average molecular weight is 474 g/mol. The number of hydrogen-bond donors (Lipinski definition) is 0. The van der Waals surface area contributed by atoms with Crippen LogP contribution >= 0.6 is 0 Å². The number of nitrogens with zero attached hydrogens (tertiary/aromatic N) is 3. The maximum absolute atomic E-state index is 12.8. The van der Waals surface area contributed by atoms with Crippen LogP contribution < -0.4 is 4.90 Å². The Hall–Kier alpha value is -4.51. The number of carbonyl (C=O) groups excluding carboxylic acids is 2. The van der Waals surface area contributed by atoms with Crippen LogP contribution in [-0.2, 0) is 12.8 Å². The molecule has 0 N–H and O–H groups in total. The van der Waals surface area contributed by atoms with Gasteiger partial charge in [0.15, 0.2) is 11.6 Å². The Morgan fingerprint density at radius 3 is 2.00 bits per heavy atom. The van der Waals surface area contributed by atoms with Gasteiger partial charge in [0.2, 0.25) is 0 Å². The van der Waals surface area contributed by atoms with E-state index < -0.39 is 0 Å². The van der Waals surface area contributed by atoms with Crippen LogP contribution in [0.2, 0.25) is 0 Å². The number of anilines is 1. The van der Waals surface area contributed by atoms with E-state index in [0.29, 0.717) is 18.4 Å². The van der Waals surface area contributed by atoms with Gasteiger partial charge in [-0.25, -0.2) is 4.68 Å². The van der Waals surface area contributed by atoms with Crippen LogP contribution in [0.25, 0.3) is 16.6 Å². The van der Waals surface area contributed by atoms with E-state index in [-0.39, 0.29) is 11.6 Å². The van der Waals surface area contributed by atoms with Crippen molar-refractivity contribution in [1.29, 1.82) is 0 Å². The first kappa shape index (κ1) is 23.2. The SMILES string of the molecule is CN(C)c1ccc(C(=O)Cc2ccc3c(cnn3-c3ccc(CC(=O)c4ccccc4)cc3)c2)cc1. The van der Waals surface area contributed by atoms with Gasteiger partial charge in [-0.05, 0) is 59.7 Å². The maximum Gasteiger partial charge on any atom is 0.167 e. The lowest BCUT2D eigenvalue weighted by Crippen LogP contribution is -2.09. The molecule has 5 rings (SSSR count). The minimum atomic E-state index is 0.0905. The van der Waals surface area contributed by atoms with Gasteiger partial charge in [-0.3, -0.25) is 9.59 Å². The Balaban J connectivity index is 1.30. The van der Waals surface area contributed by atoms with Crippen molar-refractivity contribution in [3.05, 3.63) is 126 Å². The summed E-state index contributed by atoms with van der Waals surface area (Å²) in [4.78, 5) is 27.3. The molecular weight excluding hydrogens is 446 g/mol. The van der Waals surface area contributed by atoms with Crippen molar-refractivity contribution in [2.45, 2.75) is 12.8 Å². The summed E-state index contributed by atoms with van der Waals surface area (Å²) in [7, 11) is 3.96. The topological polar surface area (TPSA) is 55.2 Å². The molecule has 0 amide bonds. The second-order valence-electron chi connectivity index (χ2n) is 9.12. The predicted octanol–water partition coefficient (Wildman–Crippen LogP) is 5.94. The van der Waals surface area contributed by atoms with Crippen LogP contribution in [0.4, 0.5) is 5.69 Å². The van der Waals surface area contributed by atoms with Crippen molar-refractivity contribution in [3.63, 3.8) is 0 Å². The molecule has 178 valence electrons. The third-order valence-electron chi connectivity index (χ3n) is 6.34. The van der Waals surface area contributed by atoms with Gasteiger partial charge < -0.3 is 4.90 Å². The number of aromatic nitrogens is 2. The quantitative estimate of drug-likeness (QED) is 0.262. The van der Waals surface area contributed by atoms with Crippen LogP contribution in [0.5, 0.6) is 0 Å². The van der Waals surface area contributed by atoms with E-state index >= 15 is 0 Å². The van der Waals surface area contributed by atoms with Crippen molar-refractivity contribution >= 4 is 28.2 Å². The molecule has 0 spiro atoms. The van der Waals surface area contributed by atoms with Crippen molar-refractivity contribution in [2.24, 2.45) is 0 Å². The highest BCUT2D eigenvalue weighted by Crippen LogP contribution is 2.22. The van der Waals surface area contributed by atoms with E-state index in [1.807, 2.05) is 127 Å². The van der Waals surface area contributed by atoms with Gasteiger partial charge in [0.05, 0.1) is 17.4 Å². The summed E-state index contributed by atoms with van der Waals surface area (Å²) in [5.41, 5.74) is 6.31. The molecule has 0 aliphatic rings. The van der Waals surface area contributed by atoms with Crippen molar-refractivity contribution in [2.75, 3.05) is 19.0 Å². The fourth-order valence-corrected chi connectivity index (χ4v) is 4.30. The van der Waals surface area contributed by atoms with E-state index in [2.05, 4.69) is 5.10 Å². The molecule has 0 aliphatic heterocycles. The van der Waals surface area contributed by atoms with E-state index in [9.17, 15) is 9.59 Å². The second-order valence-corrected chi connectivity index (χ2v) is 9.12. The minimum absolute atomic E-state index is 0.0905. The van der Waals surface area contributed by atoms with Crippen molar-refractivity contribution in [3.8, 4) is 5.69 Å². The average Bonchev–Trinajstić information content (AvgIpc) is 3.33. The van der Waals surface area contributed by atoms with Gasteiger partial charge in [-0.15, -0.1) is 0 Å². The van der Waals surface area contributed by atoms with E-state index in [1.165, 1.54) is 0 Å². The fraction of sp³-hybridized carbons (Fsp3) is 0.129. The highest BCUT2D eigenvalue weighted by molar-refractivity contribution is 5.98. The number of fused-ring (bicyclic) bond motifs is 1. The summed E-state index contributed by atoms with van der Waals surface area (Å²) in [6.07, 6.45) is 2.52. The van der Waals surface area contributed by atoms with Crippen LogP contribution in [0.15, 0.2) is 103 Å². The summed E-state index contributed by atoms with van der Waals surface area (Å²) in [6, 6.07) is 31.0. The molecule has 0 fully saturated rings. The zero-order valence-electron chi connectivity index (χ0n) is 20.4. The van der Waals surface area contributed by atoms with E-state index in [0.717, 1.165) is 39.0 Å². The number of benzene rings is 4. The number of Topliss-reactive ketones (excluding diaryl/α,β-unsaturated/α-hetero) is 2. The number of rotatable bonds is 8. The first-order valence-corrected chi connectivity index (χ1v) is 11.9. The molecule has 0 atom stereocenters. The van der Waals surface area contributed by atoms with Gasteiger partial charge >= 0.3 is 0 Å². The molecule has 4 aromatic carbocycles. The zero-order chi connectivity index (χ0) is 25.1. The summed E-state index contributed by atoms with van der Waals surface area (Å²) >= 11 is 0. The highest BCUT2D eigenvalue weighted by atomic mass is 16.1. The molecule has 0 saturated heterocycles. The molecule has 0 aliphatic carbocycles. The lowest BCUT2D eigenvalue weighted by Gasteiger charge is -2.12.